The zero-order valence-electron chi connectivity index (χ0n) is 9.74. The molecule has 3 N–H and O–H groups in total. The van der Waals surface area contributed by atoms with Crippen molar-refractivity contribution in [3.8, 4) is 0 Å². The zero-order valence-corrected chi connectivity index (χ0v) is 12.1. The maximum absolute atomic E-state index is 5.97. The van der Waals surface area contributed by atoms with Crippen molar-refractivity contribution in [2.75, 3.05) is 5.32 Å². The Morgan fingerprint density at radius 2 is 2.33 bits per heavy atom. The van der Waals surface area contributed by atoms with E-state index in [1.54, 1.807) is 17.4 Å². The van der Waals surface area contributed by atoms with Crippen molar-refractivity contribution < 1.29 is 0 Å². The molecule has 0 atom stereocenters. The molecule has 0 saturated carbocycles. The third-order valence-corrected chi connectivity index (χ3v) is 3.65. The molecule has 0 amide bonds. The fraction of sp³-hybridized carbons (Fsp3) is 0.167. The Labute approximate surface area is 120 Å². The Hall–Kier alpha value is -1.17. The van der Waals surface area contributed by atoms with Crippen molar-refractivity contribution in [1.82, 2.24) is 4.98 Å². The molecule has 18 heavy (non-hydrogen) atoms. The number of nitrogens with zero attached hydrogens (tertiary/aromatic N) is 1. The van der Waals surface area contributed by atoms with Crippen LogP contribution in [0.2, 0.25) is 5.02 Å². The van der Waals surface area contributed by atoms with E-state index in [2.05, 4.69) is 10.3 Å². The van der Waals surface area contributed by atoms with Gasteiger partial charge in [-0.15, -0.1) is 11.3 Å². The lowest BCUT2D eigenvalue weighted by Crippen LogP contribution is -2.13. The van der Waals surface area contributed by atoms with E-state index in [-0.39, 0.29) is 0 Å². The second-order valence-electron chi connectivity index (χ2n) is 3.77. The van der Waals surface area contributed by atoms with Crippen molar-refractivity contribution in [2.24, 2.45) is 5.73 Å². The number of aromatic nitrogens is 1. The molecule has 0 spiro atoms. The van der Waals surface area contributed by atoms with Gasteiger partial charge in [0, 0.05) is 21.7 Å². The van der Waals surface area contributed by atoms with Crippen LogP contribution in [-0.2, 0) is 6.54 Å². The Morgan fingerprint density at radius 3 is 2.94 bits per heavy atom. The SMILES string of the molecule is Cc1nc(CNc2cc(Cl)ccc2C(N)=S)cs1. The van der Waals surface area contributed by atoms with Crippen LogP contribution >= 0.6 is 35.2 Å². The number of benzene rings is 1. The van der Waals surface area contributed by atoms with E-state index in [4.69, 9.17) is 29.6 Å². The van der Waals surface area contributed by atoms with Crippen molar-refractivity contribution in [3.63, 3.8) is 0 Å². The molecule has 0 saturated heterocycles. The predicted octanol–water partition coefficient (Wildman–Crippen LogP) is 3.35. The van der Waals surface area contributed by atoms with E-state index in [9.17, 15) is 0 Å². The maximum Gasteiger partial charge on any atom is 0.106 e. The summed E-state index contributed by atoms with van der Waals surface area (Å²) in [6.07, 6.45) is 0. The first-order valence-electron chi connectivity index (χ1n) is 5.30. The molecular weight excluding hydrogens is 286 g/mol. The molecule has 0 radical (unpaired) electrons. The molecule has 1 aromatic carbocycles. The van der Waals surface area contributed by atoms with Crippen LogP contribution in [-0.4, -0.2) is 9.97 Å². The van der Waals surface area contributed by atoms with Gasteiger partial charge in [0.1, 0.15) is 4.99 Å². The highest BCUT2D eigenvalue weighted by molar-refractivity contribution is 7.80. The molecule has 0 aliphatic heterocycles. The van der Waals surface area contributed by atoms with Gasteiger partial charge in [0.2, 0.25) is 0 Å². The Morgan fingerprint density at radius 1 is 1.56 bits per heavy atom. The average Bonchev–Trinajstić information content (AvgIpc) is 2.72. The molecule has 0 fully saturated rings. The molecule has 0 aliphatic rings. The summed E-state index contributed by atoms with van der Waals surface area (Å²) in [4.78, 5) is 4.73. The van der Waals surface area contributed by atoms with Gasteiger partial charge in [-0.25, -0.2) is 4.98 Å². The quantitative estimate of drug-likeness (QED) is 0.850. The summed E-state index contributed by atoms with van der Waals surface area (Å²) in [5, 5.41) is 6.97. The number of thiocarbonyl (C=S) groups is 1. The van der Waals surface area contributed by atoms with Gasteiger partial charge in [0.05, 0.1) is 17.2 Å². The highest BCUT2D eigenvalue weighted by Gasteiger charge is 2.06. The van der Waals surface area contributed by atoms with Crippen LogP contribution < -0.4 is 11.1 Å². The van der Waals surface area contributed by atoms with Gasteiger partial charge in [-0.05, 0) is 25.1 Å². The number of hydrogen-bond acceptors (Lipinski definition) is 4. The second-order valence-corrected chi connectivity index (χ2v) is 5.70. The summed E-state index contributed by atoms with van der Waals surface area (Å²) >= 11 is 12.6. The lowest BCUT2D eigenvalue weighted by molar-refractivity contribution is 1.05. The fourth-order valence-corrected chi connectivity index (χ4v) is 2.52. The van der Waals surface area contributed by atoms with Gasteiger partial charge in [-0.2, -0.15) is 0 Å². The molecular formula is C12H12ClN3S2. The van der Waals surface area contributed by atoms with Crippen molar-refractivity contribution >= 4 is 45.8 Å². The van der Waals surface area contributed by atoms with Crippen LogP contribution in [0.4, 0.5) is 5.69 Å². The van der Waals surface area contributed by atoms with Gasteiger partial charge in [-0.1, -0.05) is 23.8 Å². The minimum Gasteiger partial charge on any atom is -0.389 e. The second kappa shape index (κ2) is 5.65. The van der Waals surface area contributed by atoms with Gasteiger partial charge in [0.15, 0.2) is 0 Å². The minimum absolute atomic E-state index is 0.351. The molecule has 2 rings (SSSR count). The van der Waals surface area contributed by atoms with Crippen LogP contribution in [0.1, 0.15) is 16.3 Å². The Kier molecular flexibility index (Phi) is 4.16. The number of thiazole rings is 1. The van der Waals surface area contributed by atoms with Crippen LogP contribution in [0.25, 0.3) is 0 Å². The minimum atomic E-state index is 0.351. The first-order chi connectivity index (χ1) is 8.56. The highest BCUT2D eigenvalue weighted by Crippen LogP contribution is 2.22. The molecule has 0 aliphatic carbocycles. The van der Waals surface area contributed by atoms with Gasteiger partial charge < -0.3 is 11.1 Å². The summed E-state index contributed by atoms with van der Waals surface area (Å²) < 4.78 is 0. The van der Waals surface area contributed by atoms with Crippen molar-refractivity contribution in [2.45, 2.75) is 13.5 Å². The van der Waals surface area contributed by atoms with E-state index < -0.39 is 0 Å². The van der Waals surface area contributed by atoms with E-state index in [1.165, 1.54) is 0 Å². The lowest BCUT2D eigenvalue weighted by atomic mass is 10.1. The number of rotatable bonds is 4. The summed E-state index contributed by atoms with van der Waals surface area (Å²) in [5.41, 5.74) is 8.29. The summed E-state index contributed by atoms with van der Waals surface area (Å²) in [5.74, 6) is 0. The molecule has 1 aromatic heterocycles. The predicted molar refractivity (Wildman–Crippen MR) is 81.5 cm³/mol. The molecule has 94 valence electrons. The van der Waals surface area contributed by atoms with Gasteiger partial charge in [-0.3, -0.25) is 0 Å². The summed E-state index contributed by atoms with van der Waals surface area (Å²) in [6, 6.07) is 5.41. The molecule has 0 unspecified atom stereocenters. The van der Waals surface area contributed by atoms with Crippen molar-refractivity contribution in [3.05, 3.63) is 44.9 Å². The van der Waals surface area contributed by atoms with Crippen LogP contribution in [0.3, 0.4) is 0 Å². The standard InChI is InChI=1S/C12H12ClN3S2/c1-7-16-9(6-18-7)5-15-11-4-8(13)2-3-10(11)12(14)17/h2-4,6,15H,5H2,1H3,(H2,14,17). The largest absolute Gasteiger partial charge is 0.389 e. The first kappa shape index (κ1) is 13.3. The number of nitrogens with one attached hydrogen (secondary N) is 1. The average molecular weight is 298 g/mol. The molecule has 0 bridgehead atoms. The van der Waals surface area contributed by atoms with E-state index >= 15 is 0 Å². The number of aryl methyl sites for hydroxylation is 1. The number of anilines is 1. The lowest BCUT2D eigenvalue weighted by Gasteiger charge is -2.10. The van der Waals surface area contributed by atoms with E-state index in [0.717, 1.165) is 22.0 Å². The summed E-state index contributed by atoms with van der Waals surface area (Å²) in [7, 11) is 0. The molecule has 6 heteroatoms. The Balaban J connectivity index is 2.17. The fourth-order valence-electron chi connectivity index (χ4n) is 1.55. The third-order valence-electron chi connectivity index (χ3n) is 2.37. The van der Waals surface area contributed by atoms with Crippen LogP contribution in [0.5, 0.6) is 0 Å². The number of halogens is 1. The van der Waals surface area contributed by atoms with Crippen LogP contribution in [0, 0.1) is 6.92 Å². The number of nitrogens with two attached hydrogens (primary N) is 1. The maximum atomic E-state index is 5.97. The monoisotopic (exact) mass is 297 g/mol. The third kappa shape index (κ3) is 3.19. The van der Waals surface area contributed by atoms with E-state index in [0.29, 0.717) is 16.6 Å². The summed E-state index contributed by atoms with van der Waals surface area (Å²) in [6.45, 7) is 2.61. The molecule has 3 nitrogen and oxygen atoms in total. The van der Waals surface area contributed by atoms with Crippen LogP contribution in [0.15, 0.2) is 23.6 Å². The normalized spacial score (nSPS) is 10.3. The molecule has 1 heterocycles. The number of hydrogen-bond donors (Lipinski definition) is 2. The topological polar surface area (TPSA) is 50.9 Å². The highest BCUT2D eigenvalue weighted by atomic mass is 35.5. The first-order valence-corrected chi connectivity index (χ1v) is 6.97. The zero-order chi connectivity index (χ0) is 13.1. The van der Waals surface area contributed by atoms with Gasteiger partial charge >= 0.3 is 0 Å². The van der Waals surface area contributed by atoms with E-state index in [1.807, 2.05) is 24.4 Å². The smallest absolute Gasteiger partial charge is 0.106 e. The Bertz CT molecular complexity index is 580. The van der Waals surface area contributed by atoms with Gasteiger partial charge in [0.25, 0.3) is 0 Å². The van der Waals surface area contributed by atoms with Crippen molar-refractivity contribution in [1.29, 1.82) is 0 Å². The molecule has 2 aromatic rings.